The molecule has 0 spiro atoms. The van der Waals surface area contributed by atoms with E-state index in [1.165, 1.54) is 12.1 Å². The summed E-state index contributed by atoms with van der Waals surface area (Å²) in [4.78, 5) is 19.5. The van der Waals surface area contributed by atoms with Gasteiger partial charge in [-0.15, -0.1) is 0 Å². The highest BCUT2D eigenvalue weighted by Gasteiger charge is 2.33. The first kappa shape index (κ1) is 22.9. The predicted molar refractivity (Wildman–Crippen MR) is 132 cm³/mol. The number of anilines is 1. The van der Waals surface area contributed by atoms with Gasteiger partial charge in [-0.2, -0.15) is 5.26 Å². The van der Waals surface area contributed by atoms with Gasteiger partial charge < -0.3 is 19.7 Å². The van der Waals surface area contributed by atoms with Crippen molar-refractivity contribution in [3.63, 3.8) is 0 Å². The van der Waals surface area contributed by atoms with Crippen molar-refractivity contribution in [3.8, 4) is 11.8 Å². The molecule has 0 aliphatic carbocycles. The third-order valence-corrected chi connectivity index (χ3v) is 6.62. The van der Waals surface area contributed by atoms with Crippen LogP contribution in [0.25, 0.3) is 0 Å². The highest BCUT2D eigenvalue weighted by molar-refractivity contribution is 5.94. The Kier molecular flexibility index (Phi) is 6.39. The van der Waals surface area contributed by atoms with Gasteiger partial charge in [-0.25, -0.2) is 0 Å². The van der Waals surface area contributed by atoms with Gasteiger partial charge in [-0.3, -0.25) is 9.78 Å². The minimum absolute atomic E-state index is 0.212. The molecule has 7 heteroatoms. The summed E-state index contributed by atoms with van der Waals surface area (Å²) in [6.45, 7) is 5.57. The molecule has 2 aromatic carbocycles. The van der Waals surface area contributed by atoms with Crippen LogP contribution in [0, 0.1) is 11.3 Å². The highest BCUT2D eigenvalue weighted by Crippen LogP contribution is 2.32. The third-order valence-electron chi connectivity index (χ3n) is 6.62. The zero-order valence-corrected chi connectivity index (χ0v) is 19.8. The Morgan fingerprint density at radius 3 is 2.91 bits per heavy atom. The monoisotopic (exact) mass is 468 g/mol. The van der Waals surface area contributed by atoms with Gasteiger partial charge in [0.05, 0.1) is 31.5 Å². The minimum atomic E-state index is -0.758. The van der Waals surface area contributed by atoms with Crippen LogP contribution in [0.15, 0.2) is 60.8 Å². The van der Waals surface area contributed by atoms with Crippen molar-refractivity contribution in [1.29, 1.82) is 5.26 Å². The number of carbonyl (C=O) groups excluding carboxylic acids is 1. The van der Waals surface area contributed by atoms with Crippen LogP contribution in [-0.4, -0.2) is 30.6 Å². The summed E-state index contributed by atoms with van der Waals surface area (Å²) in [5.74, 6) is 0.493. The normalized spacial score (nSPS) is 18.7. The SMILES string of the molecule is C[C@@]1(C#N)COCc2ccc(C(=O)NCc3cc(OCc4cccc(N5CCC5)c4)ccn3)cc21. The van der Waals surface area contributed by atoms with Crippen LogP contribution >= 0.6 is 0 Å². The molecule has 7 nitrogen and oxygen atoms in total. The minimum Gasteiger partial charge on any atom is -0.489 e. The van der Waals surface area contributed by atoms with Gasteiger partial charge in [0, 0.05) is 36.6 Å². The predicted octanol–water partition coefficient (Wildman–Crippen LogP) is 4.11. The molecule has 1 saturated heterocycles. The number of nitrogens with zero attached hydrogens (tertiary/aromatic N) is 3. The Bertz CT molecular complexity index is 1280. The maximum atomic E-state index is 12.8. The molecular weight excluding hydrogens is 440 g/mol. The molecule has 0 radical (unpaired) electrons. The van der Waals surface area contributed by atoms with E-state index < -0.39 is 5.41 Å². The van der Waals surface area contributed by atoms with E-state index in [9.17, 15) is 10.1 Å². The smallest absolute Gasteiger partial charge is 0.251 e. The van der Waals surface area contributed by atoms with Crippen molar-refractivity contribution in [3.05, 3.63) is 88.7 Å². The molecule has 1 aromatic heterocycles. The molecule has 35 heavy (non-hydrogen) atoms. The molecule has 1 N–H and O–H groups in total. The number of amides is 1. The van der Waals surface area contributed by atoms with Gasteiger partial charge in [-0.05, 0) is 60.4 Å². The van der Waals surface area contributed by atoms with Crippen molar-refractivity contribution in [2.75, 3.05) is 24.6 Å². The number of aromatic nitrogens is 1. The molecule has 5 rings (SSSR count). The molecule has 3 heterocycles. The number of rotatable bonds is 7. The zero-order chi connectivity index (χ0) is 24.3. The number of hydrogen-bond donors (Lipinski definition) is 1. The maximum Gasteiger partial charge on any atom is 0.251 e. The standard InChI is InChI=1S/C28H28N4O3/c1-28(18-29)19-34-17-22-7-6-21(13-26(22)28)27(33)31-15-23-14-25(8-9-30-23)35-16-20-4-2-5-24(12-20)32-10-3-11-32/h2,4-9,12-14H,3,10-11,15-17,19H2,1H3,(H,31,33)/t28-/m1/s1. The summed E-state index contributed by atoms with van der Waals surface area (Å²) in [5, 5.41) is 12.5. The summed E-state index contributed by atoms with van der Waals surface area (Å²) in [5.41, 5.74) is 4.61. The van der Waals surface area contributed by atoms with Crippen LogP contribution < -0.4 is 15.0 Å². The fraction of sp³-hybridized carbons (Fsp3) is 0.321. The summed E-state index contributed by atoms with van der Waals surface area (Å²) in [6.07, 6.45) is 2.93. The first-order valence-electron chi connectivity index (χ1n) is 11.9. The fourth-order valence-corrected chi connectivity index (χ4v) is 4.39. The van der Waals surface area contributed by atoms with Crippen LogP contribution in [0.2, 0.25) is 0 Å². The number of hydrogen-bond acceptors (Lipinski definition) is 6. The summed E-state index contributed by atoms with van der Waals surface area (Å²) in [6, 6.07) is 19.8. The topological polar surface area (TPSA) is 87.5 Å². The van der Waals surface area contributed by atoms with E-state index in [-0.39, 0.29) is 12.5 Å². The average molecular weight is 469 g/mol. The lowest BCUT2D eigenvalue weighted by Crippen LogP contribution is -2.36. The van der Waals surface area contributed by atoms with Crippen molar-refractivity contribution < 1.29 is 14.3 Å². The third kappa shape index (κ3) is 4.98. The molecular formula is C28H28N4O3. The molecule has 0 bridgehead atoms. The van der Waals surface area contributed by atoms with Gasteiger partial charge in [0.2, 0.25) is 0 Å². The second kappa shape index (κ2) is 9.77. The summed E-state index contributed by atoms with van der Waals surface area (Å²) in [7, 11) is 0. The lowest BCUT2D eigenvalue weighted by atomic mass is 9.79. The molecule has 1 atom stereocenters. The van der Waals surface area contributed by atoms with Crippen LogP contribution in [0.3, 0.4) is 0 Å². The first-order chi connectivity index (χ1) is 17.0. The number of nitrogens with one attached hydrogen (secondary N) is 1. The van der Waals surface area contributed by atoms with Gasteiger partial charge in [-0.1, -0.05) is 18.2 Å². The largest absolute Gasteiger partial charge is 0.489 e. The van der Waals surface area contributed by atoms with E-state index >= 15 is 0 Å². The zero-order valence-electron chi connectivity index (χ0n) is 19.8. The van der Waals surface area contributed by atoms with Gasteiger partial charge in [0.15, 0.2) is 0 Å². The van der Waals surface area contributed by atoms with Gasteiger partial charge >= 0.3 is 0 Å². The molecule has 3 aromatic rings. The van der Waals surface area contributed by atoms with Crippen molar-refractivity contribution in [1.82, 2.24) is 10.3 Å². The van der Waals surface area contributed by atoms with Crippen LogP contribution in [0.4, 0.5) is 5.69 Å². The van der Waals surface area contributed by atoms with Crippen LogP contribution in [0.1, 0.15) is 46.1 Å². The van der Waals surface area contributed by atoms with Gasteiger partial charge in [0.25, 0.3) is 5.91 Å². The van der Waals surface area contributed by atoms with Crippen molar-refractivity contribution in [2.24, 2.45) is 0 Å². The summed E-state index contributed by atoms with van der Waals surface area (Å²) < 4.78 is 11.5. The van der Waals surface area contributed by atoms with E-state index in [2.05, 4.69) is 45.5 Å². The number of ether oxygens (including phenoxy) is 2. The van der Waals surface area contributed by atoms with E-state index in [4.69, 9.17) is 9.47 Å². The Morgan fingerprint density at radius 2 is 2.11 bits per heavy atom. The van der Waals surface area contributed by atoms with E-state index in [0.717, 1.165) is 29.8 Å². The van der Waals surface area contributed by atoms with E-state index in [0.29, 0.717) is 36.8 Å². The number of carbonyl (C=O) groups is 1. The Labute approximate surface area is 205 Å². The molecule has 1 fully saturated rings. The lowest BCUT2D eigenvalue weighted by molar-refractivity contribution is 0.0757. The van der Waals surface area contributed by atoms with E-state index in [1.807, 2.05) is 25.1 Å². The quantitative estimate of drug-likeness (QED) is 0.562. The lowest BCUT2D eigenvalue weighted by Gasteiger charge is -2.33. The fourth-order valence-electron chi connectivity index (χ4n) is 4.39. The molecule has 178 valence electrons. The molecule has 2 aliphatic rings. The van der Waals surface area contributed by atoms with E-state index in [1.54, 1.807) is 18.3 Å². The Morgan fingerprint density at radius 1 is 1.23 bits per heavy atom. The number of pyridine rings is 1. The van der Waals surface area contributed by atoms with Crippen LogP contribution in [-0.2, 0) is 29.9 Å². The Balaban J connectivity index is 1.20. The summed E-state index contributed by atoms with van der Waals surface area (Å²) >= 11 is 0. The number of fused-ring (bicyclic) bond motifs is 1. The Hall–Kier alpha value is -3.89. The first-order valence-corrected chi connectivity index (χ1v) is 11.9. The van der Waals surface area contributed by atoms with Crippen LogP contribution in [0.5, 0.6) is 5.75 Å². The average Bonchev–Trinajstić information content (AvgIpc) is 2.85. The molecule has 0 saturated carbocycles. The van der Waals surface area contributed by atoms with Gasteiger partial charge in [0.1, 0.15) is 17.8 Å². The maximum absolute atomic E-state index is 12.8. The second-order valence-electron chi connectivity index (χ2n) is 9.27. The highest BCUT2D eigenvalue weighted by atomic mass is 16.5. The second-order valence-corrected chi connectivity index (χ2v) is 9.27. The molecule has 2 aliphatic heterocycles. The molecule has 1 amide bonds. The number of benzene rings is 2. The molecule has 0 unspecified atom stereocenters. The van der Waals surface area contributed by atoms with Crippen molar-refractivity contribution in [2.45, 2.75) is 38.5 Å². The van der Waals surface area contributed by atoms with Crippen molar-refractivity contribution >= 4 is 11.6 Å². The number of nitriles is 1.